The number of rotatable bonds is 12. The van der Waals surface area contributed by atoms with Gasteiger partial charge in [0.1, 0.15) is 5.82 Å². The standard InChI is InChI=1S/C22H40N6O/c1-4-23-22(26-12-8-7-11-25-21-9-5-6-10-24-21)27-18-20(17-19(2)3)28-13-15-29-16-14-28/h5-6,9-10,19-20H,4,7-8,11-18H2,1-3H3,(H,24,25)(H2,23,26,27). The van der Waals surface area contributed by atoms with Crippen molar-refractivity contribution in [2.45, 2.75) is 46.1 Å². The monoisotopic (exact) mass is 404 g/mol. The van der Waals surface area contributed by atoms with Gasteiger partial charge in [-0.1, -0.05) is 19.9 Å². The Hall–Kier alpha value is -1.86. The van der Waals surface area contributed by atoms with Gasteiger partial charge in [-0.3, -0.25) is 9.89 Å². The summed E-state index contributed by atoms with van der Waals surface area (Å²) in [5, 5.41) is 10.2. The van der Waals surface area contributed by atoms with Crippen molar-refractivity contribution in [3.8, 4) is 0 Å². The van der Waals surface area contributed by atoms with Crippen molar-refractivity contribution >= 4 is 11.8 Å². The SMILES string of the molecule is CCNC(=NCC(CC(C)C)N1CCOCC1)NCCCCNc1ccccn1. The molecule has 0 spiro atoms. The van der Waals surface area contributed by atoms with E-state index in [1.54, 1.807) is 0 Å². The van der Waals surface area contributed by atoms with Crippen LogP contribution in [0.2, 0.25) is 0 Å². The van der Waals surface area contributed by atoms with Gasteiger partial charge in [-0.05, 0) is 44.2 Å². The predicted molar refractivity (Wildman–Crippen MR) is 122 cm³/mol. The molecule has 1 aliphatic heterocycles. The number of hydrogen-bond donors (Lipinski definition) is 3. The zero-order valence-corrected chi connectivity index (χ0v) is 18.5. The van der Waals surface area contributed by atoms with Crippen LogP contribution in [0.4, 0.5) is 5.82 Å². The molecule has 0 aliphatic carbocycles. The second kappa shape index (κ2) is 14.2. The van der Waals surface area contributed by atoms with E-state index in [9.17, 15) is 0 Å². The third kappa shape index (κ3) is 9.94. The Labute approximate surface area is 176 Å². The molecule has 2 heterocycles. The lowest BCUT2D eigenvalue weighted by Gasteiger charge is -2.34. The number of nitrogens with one attached hydrogen (secondary N) is 3. The quantitative estimate of drug-likeness (QED) is 0.282. The van der Waals surface area contributed by atoms with Gasteiger partial charge in [-0.15, -0.1) is 0 Å². The summed E-state index contributed by atoms with van der Waals surface area (Å²) in [6.45, 7) is 13.9. The first-order valence-electron chi connectivity index (χ1n) is 11.2. The van der Waals surface area contributed by atoms with Crippen LogP contribution in [0.25, 0.3) is 0 Å². The van der Waals surface area contributed by atoms with Crippen LogP contribution in [0.15, 0.2) is 29.4 Å². The van der Waals surface area contributed by atoms with Crippen LogP contribution in [0.5, 0.6) is 0 Å². The Morgan fingerprint density at radius 2 is 1.97 bits per heavy atom. The van der Waals surface area contributed by atoms with Crippen LogP contribution >= 0.6 is 0 Å². The molecular formula is C22H40N6O. The van der Waals surface area contributed by atoms with Gasteiger partial charge in [-0.2, -0.15) is 0 Å². The van der Waals surface area contributed by atoms with E-state index in [1.807, 2.05) is 24.4 Å². The number of ether oxygens (including phenoxy) is 1. The average Bonchev–Trinajstić information content (AvgIpc) is 2.74. The maximum Gasteiger partial charge on any atom is 0.191 e. The van der Waals surface area contributed by atoms with Gasteiger partial charge in [0.2, 0.25) is 0 Å². The van der Waals surface area contributed by atoms with E-state index in [1.165, 1.54) is 6.42 Å². The van der Waals surface area contributed by atoms with Crippen molar-refractivity contribution in [2.75, 3.05) is 57.8 Å². The van der Waals surface area contributed by atoms with E-state index in [2.05, 4.69) is 46.6 Å². The van der Waals surface area contributed by atoms with Crippen LogP contribution in [0.1, 0.15) is 40.0 Å². The van der Waals surface area contributed by atoms with Gasteiger partial charge in [-0.25, -0.2) is 4.98 Å². The van der Waals surface area contributed by atoms with E-state index in [0.717, 1.165) is 77.1 Å². The van der Waals surface area contributed by atoms with Crippen LogP contribution in [-0.2, 0) is 4.74 Å². The lowest BCUT2D eigenvalue weighted by Crippen LogP contribution is -2.46. The highest BCUT2D eigenvalue weighted by molar-refractivity contribution is 5.79. The van der Waals surface area contributed by atoms with Crippen molar-refractivity contribution in [3.63, 3.8) is 0 Å². The highest BCUT2D eigenvalue weighted by Gasteiger charge is 2.21. The lowest BCUT2D eigenvalue weighted by atomic mass is 10.0. The second-order valence-electron chi connectivity index (χ2n) is 7.93. The van der Waals surface area contributed by atoms with Gasteiger partial charge in [0.15, 0.2) is 5.96 Å². The number of nitrogens with zero attached hydrogens (tertiary/aromatic N) is 3. The van der Waals surface area contributed by atoms with Gasteiger partial charge in [0.05, 0.1) is 19.8 Å². The minimum absolute atomic E-state index is 0.483. The molecule has 1 unspecified atom stereocenters. The Morgan fingerprint density at radius 3 is 2.66 bits per heavy atom. The first-order valence-corrected chi connectivity index (χ1v) is 11.2. The first kappa shape index (κ1) is 23.4. The molecule has 1 saturated heterocycles. The summed E-state index contributed by atoms with van der Waals surface area (Å²) in [6, 6.07) is 6.41. The third-order valence-corrected chi connectivity index (χ3v) is 4.98. The number of guanidine groups is 1. The molecule has 1 aromatic heterocycles. The van der Waals surface area contributed by atoms with Crippen molar-refractivity contribution in [2.24, 2.45) is 10.9 Å². The Kier molecular flexibility index (Phi) is 11.4. The fourth-order valence-electron chi connectivity index (χ4n) is 3.50. The summed E-state index contributed by atoms with van der Waals surface area (Å²) < 4.78 is 5.52. The maximum absolute atomic E-state index is 5.52. The Bertz CT molecular complexity index is 560. The molecule has 2 rings (SSSR count). The van der Waals surface area contributed by atoms with Crippen molar-refractivity contribution in [1.29, 1.82) is 0 Å². The zero-order chi connectivity index (χ0) is 20.7. The fraction of sp³-hybridized carbons (Fsp3) is 0.727. The number of hydrogen-bond acceptors (Lipinski definition) is 5. The summed E-state index contributed by atoms with van der Waals surface area (Å²) in [5.41, 5.74) is 0. The highest BCUT2D eigenvalue weighted by atomic mass is 16.5. The molecule has 7 heteroatoms. The number of aliphatic imine (C=N–C) groups is 1. The number of morpholine rings is 1. The molecule has 1 aliphatic rings. The molecule has 1 aromatic rings. The molecule has 0 saturated carbocycles. The largest absolute Gasteiger partial charge is 0.379 e. The number of unbranched alkanes of at least 4 members (excludes halogenated alkanes) is 1. The topological polar surface area (TPSA) is 73.8 Å². The van der Waals surface area contributed by atoms with E-state index < -0.39 is 0 Å². The lowest BCUT2D eigenvalue weighted by molar-refractivity contribution is 0.0143. The van der Waals surface area contributed by atoms with Crippen LogP contribution in [-0.4, -0.2) is 74.4 Å². The number of pyridine rings is 1. The summed E-state index contributed by atoms with van der Waals surface area (Å²) >= 11 is 0. The molecule has 7 nitrogen and oxygen atoms in total. The van der Waals surface area contributed by atoms with E-state index >= 15 is 0 Å². The van der Waals surface area contributed by atoms with Crippen molar-refractivity contribution < 1.29 is 4.74 Å². The molecule has 1 fully saturated rings. The molecule has 0 radical (unpaired) electrons. The highest BCUT2D eigenvalue weighted by Crippen LogP contribution is 2.14. The van der Waals surface area contributed by atoms with Gasteiger partial charge >= 0.3 is 0 Å². The minimum Gasteiger partial charge on any atom is -0.379 e. The maximum atomic E-state index is 5.52. The van der Waals surface area contributed by atoms with Crippen molar-refractivity contribution in [3.05, 3.63) is 24.4 Å². The molecule has 0 bridgehead atoms. The molecule has 1 atom stereocenters. The van der Waals surface area contributed by atoms with Crippen molar-refractivity contribution in [1.82, 2.24) is 20.5 Å². The van der Waals surface area contributed by atoms with Crippen LogP contribution in [0.3, 0.4) is 0 Å². The first-order chi connectivity index (χ1) is 14.2. The summed E-state index contributed by atoms with van der Waals surface area (Å²) in [6.07, 6.45) is 5.16. The molecular weight excluding hydrogens is 364 g/mol. The van der Waals surface area contributed by atoms with Crippen LogP contribution in [0, 0.1) is 5.92 Å². The van der Waals surface area contributed by atoms with Gasteiger partial charge in [0.25, 0.3) is 0 Å². The second-order valence-corrected chi connectivity index (χ2v) is 7.93. The number of anilines is 1. The molecule has 0 amide bonds. The Balaban J connectivity index is 1.73. The predicted octanol–water partition coefficient (Wildman–Crippen LogP) is 2.58. The molecule has 0 aromatic carbocycles. The summed E-state index contributed by atoms with van der Waals surface area (Å²) in [7, 11) is 0. The molecule has 164 valence electrons. The smallest absolute Gasteiger partial charge is 0.191 e. The van der Waals surface area contributed by atoms with Gasteiger partial charge < -0.3 is 20.7 Å². The van der Waals surface area contributed by atoms with Crippen LogP contribution < -0.4 is 16.0 Å². The zero-order valence-electron chi connectivity index (χ0n) is 18.5. The van der Waals surface area contributed by atoms with E-state index in [4.69, 9.17) is 9.73 Å². The van der Waals surface area contributed by atoms with E-state index in [-0.39, 0.29) is 0 Å². The number of aromatic nitrogens is 1. The normalized spacial score (nSPS) is 16.6. The summed E-state index contributed by atoms with van der Waals surface area (Å²) in [4.78, 5) is 11.7. The fourth-order valence-corrected chi connectivity index (χ4v) is 3.50. The molecule has 3 N–H and O–H groups in total. The Morgan fingerprint density at radius 1 is 1.17 bits per heavy atom. The summed E-state index contributed by atoms with van der Waals surface area (Å²) in [5.74, 6) is 2.53. The van der Waals surface area contributed by atoms with Gasteiger partial charge in [0, 0.05) is 45.0 Å². The van der Waals surface area contributed by atoms with E-state index in [0.29, 0.717) is 12.0 Å². The molecule has 29 heavy (non-hydrogen) atoms. The average molecular weight is 405 g/mol. The minimum atomic E-state index is 0.483. The third-order valence-electron chi connectivity index (χ3n) is 4.98.